The van der Waals surface area contributed by atoms with Gasteiger partial charge in [0.25, 0.3) is 0 Å². The Labute approximate surface area is 215 Å². The predicted molar refractivity (Wildman–Crippen MR) is 134 cm³/mol. The maximum absolute atomic E-state index is 13.4. The van der Waals surface area contributed by atoms with Crippen molar-refractivity contribution in [1.82, 2.24) is 15.1 Å². The second-order valence-corrected chi connectivity index (χ2v) is 10.4. The molecule has 3 aliphatic rings. The number of rotatable bonds is 8. The molecule has 0 radical (unpaired) electrons. The Hall–Kier alpha value is -2.38. The van der Waals surface area contributed by atoms with Gasteiger partial charge in [0.05, 0.1) is 11.8 Å². The van der Waals surface area contributed by atoms with Gasteiger partial charge in [-0.25, -0.2) is 0 Å². The van der Waals surface area contributed by atoms with Crippen molar-refractivity contribution in [3.05, 3.63) is 46.0 Å². The standard InChI is InChI=1S/C26H31Cl2N3O4/c1-16(24(33)29-17-7-2-3-8-17)31(15-20-21(27)11-6-12-22(20)28)23(32)13-14-30-25(34)18-9-4-5-10-19(18)26(30)35/h4-6,11-12,16-19H,2-3,7-10,13-15H2,1H3,(H,29,33)/t16-,18-,19+/m1/s1. The molecule has 2 aliphatic carbocycles. The van der Waals surface area contributed by atoms with Crippen LogP contribution in [0.1, 0.15) is 57.4 Å². The van der Waals surface area contributed by atoms with Crippen molar-refractivity contribution in [1.29, 1.82) is 0 Å². The molecule has 1 heterocycles. The van der Waals surface area contributed by atoms with Crippen LogP contribution < -0.4 is 5.32 Å². The summed E-state index contributed by atoms with van der Waals surface area (Å²) in [5.74, 6) is -1.69. The molecule has 188 valence electrons. The van der Waals surface area contributed by atoms with Gasteiger partial charge in [0, 0.05) is 41.2 Å². The molecule has 0 unspecified atom stereocenters. The fourth-order valence-corrected chi connectivity index (χ4v) is 5.79. The zero-order valence-electron chi connectivity index (χ0n) is 19.8. The molecular formula is C26H31Cl2N3O4. The van der Waals surface area contributed by atoms with Crippen LogP contribution in [0.25, 0.3) is 0 Å². The smallest absolute Gasteiger partial charge is 0.242 e. The van der Waals surface area contributed by atoms with Crippen LogP contribution in [0.5, 0.6) is 0 Å². The Bertz CT molecular complexity index is 991. The number of nitrogens with one attached hydrogen (secondary N) is 1. The summed E-state index contributed by atoms with van der Waals surface area (Å²) in [5.41, 5.74) is 0.551. The van der Waals surface area contributed by atoms with Gasteiger partial charge in [-0.3, -0.25) is 24.1 Å². The highest BCUT2D eigenvalue weighted by atomic mass is 35.5. The van der Waals surface area contributed by atoms with Gasteiger partial charge in [-0.15, -0.1) is 0 Å². The summed E-state index contributed by atoms with van der Waals surface area (Å²) in [5, 5.41) is 3.86. The van der Waals surface area contributed by atoms with Crippen LogP contribution in [0.4, 0.5) is 0 Å². The molecule has 4 amide bonds. The molecule has 2 fully saturated rings. The highest BCUT2D eigenvalue weighted by Gasteiger charge is 2.47. The number of amides is 4. The molecule has 1 N–H and O–H groups in total. The molecule has 1 saturated heterocycles. The monoisotopic (exact) mass is 519 g/mol. The average Bonchev–Trinajstić information content (AvgIpc) is 3.44. The lowest BCUT2D eigenvalue weighted by Gasteiger charge is -2.30. The number of carbonyl (C=O) groups excluding carboxylic acids is 4. The Morgan fingerprint density at radius 2 is 1.63 bits per heavy atom. The first-order valence-corrected chi connectivity index (χ1v) is 13.1. The van der Waals surface area contributed by atoms with Gasteiger partial charge in [-0.05, 0) is 44.7 Å². The number of carbonyl (C=O) groups is 4. The Morgan fingerprint density at radius 3 is 2.20 bits per heavy atom. The molecule has 7 nitrogen and oxygen atoms in total. The van der Waals surface area contributed by atoms with Crippen LogP contribution >= 0.6 is 23.2 Å². The predicted octanol–water partition coefficient (Wildman–Crippen LogP) is 4.11. The normalized spacial score (nSPS) is 22.9. The Balaban J connectivity index is 1.48. The summed E-state index contributed by atoms with van der Waals surface area (Å²) in [6, 6.07) is 4.43. The van der Waals surface area contributed by atoms with Gasteiger partial charge in [-0.2, -0.15) is 0 Å². The van der Waals surface area contributed by atoms with Gasteiger partial charge in [0.1, 0.15) is 6.04 Å². The Morgan fingerprint density at radius 1 is 1.06 bits per heavy atom. The van der Waals surface area contributed by atoms with Crippen molar-refractivity contribution in [3.63, 3.8) is 0 Å². The van der Waals surface area contributed by atoms with E-state index in [1.165, 1.54) is 9.80 Å². The molecule has 3 atom stereocenters. The van der Waals surface area contributed by atoms with Gasteiger partial charge >= 0.3 is 0 Å². The van der Waals surface area contributed by atoms with Crippen molar-refractivity contribution in [3.8, 4) is 0 Å². The highest BCUT2D eigenvalue weighted by Crippen LogP contribution is 2.35. The molecular weight excluding hydrogens is 489 g/mol. The summed E-state index contributed by atoms with van der Waals surface area (Å²) in [7, 11) is 0. The fourth-order valence-electron chi connectivity index (χ4n) is 5.27. The van der Waals surface area contributed by atoms with E-state index in [-0.39, 0.29) is 61.0 Å². The molecule has 0 bridgehead atoms. The summed E-state index contributed by atoms with van der Waals surface area (Å²) in [6.07, 6.45) is 8.90. The number of hydrogen-bond acceptors (Lipinski definition) is 4. The fraction of sp³-hybridized carbons (Fsp3) is 0.538. The molecule has 4 rings (SSSR count). The molecule has 0 spiro atoms. The van der Waals surface area contributed by atoms with E-state index in [0.717, 1.165) is 25.7 Å². The molecule has 1 saturated carbocycles. The number of hydrogen-bond donors (Lipinski definition) is 1. The first-order chi connectivity index (χ1) is 16.8. The zero-order valence-corrected chi connectivity index (χ0v) is 21.4. The minimum atomic E-state index is -0.771. The quantitative estimate of drug-likeness (QED) is 0.413. The van der Waals surface area contributed by atoms with Crippen LogP contribution in [0, 0.1) is 11.8 Å². The number of halogens is 2. The van der Waals surface area contributed by atoms with Crippen LogP contribution in [0.2, 0.25) is 10.0 Å². The third-order valence-corrected chi connectivity index (χ3v) is 8.12. The second-order valence-electron chi connectivity index (χ2n) is 9.62. The number of likely N-dealkylation sites (tertiary alicyclic amines) is 1. The third kappa shape index (κ3) is 5.56. The lowest BCUT2D eigenvalue weighted by Crippen LogP contribution is -2.50. The SMILES string of the molecule is C[C@H](C(=O)NC1CCCC1)N(Cc1c(Cl)cccc1Cl)C(=O)CCN1C(=O)[C@H]2CC=CC[C@H]2C1=O. The summed E-state index contributed by atoms with van der Waals surface area (Å²) < 4.78 is 0. The lowest BCUT2D eigenvalue weighted by molar-refractivity contribution is -0.144. The summed E-state index contributed by atoms with van der Waals surface area (Å²) in [4.78, 5) is 54.7. The third-order valence-electron chi connectivity index (χ3n) is 7.41. The second kappa shape index (κ2) is 11.1. The zero-order chi connectivity index (χ0) is 25.1. The van der Waals surface area contributed by atoms with E-state index in [9.17, 15) is 19.2 Å². The molecule has 0 aromatic heterocycles. The topological polar surface area (TPSA) is 86.8 Å². The van der Waals surface area contributed by atoms with Gasteiger partial charge < -0.3 is 10.2 Å². The highest BCUT2D eigenvalue weighted by molar-refractivity contribution is 6.36. The van der Waals surface area contributed by atoms with Crippen molar-refractivity contribution in [2.75, 3.05) is 6.54 Å². The number of benzene rings is 1. The Kier molecular flexibility index (Phi) is 8.17. The van der Waals surface area contributed by atoms with E-state index in [2.05, 4.69) is 5.32 Å². The summed E-state index contributed by atoms with van der Waals surface area (Å²) >= 11 is 12.7. The van der Waals surface area contributed by atoms with Gasteiger partial charge in [0.15, 0.2) is 0 Å². The number of imide groups is 1. The van der Waals surface area contributed by atoms with Crippen molar-refractivity contribution < 1.29 is 19.2 Å². The van der Waals surface area contributed by atoms with E-state index in [1.54, 1.807) is 25.1 Å². The van der Waals surface area contributed by atoms with E-state index < -0.39 is 6.04 Å². The van der Waals surface area contributed by atoms with Crippen molar-refractivity contribution in [2.24, 2.45) is 11.8 Å². The minimum absolute atomic E-state index is 0.00673. The number of allylic oxidation sites excluding steroid dienone is 2. The van der Waals surface area contributed by atoms with Crippen molar-refractivity contribution >= 4 is 46.8 Å². The largest absolute Gasteiger partial charge is 0.352 e. The first kappa shape index (κ1) is 25.7. The minimum Gasteiger partial charge on any atom is -0.352 e. The number of fused-ring (bicyclic) bond motifs is 1. The van der Waals surface area contributed by atoms with Crippen molar-refractivity contribution in [2.45, 2.75) is 70.5 Å². The van der Waals surface area contributed by atoms with Gasteiger partial charge in [-0.1, -0.05) is 54.3 Å². The van der Waals surface area contributed by atoms with Crippen LogP contribution in [-0.2, 0) is 25.7 Å². The van der Waals surface area contributed by atoms with Gasteiger partial charge in [0.2, 0.25) is 23.6 Å². The summed E-state index contributed by atoms with van der Waals surface area (Å²) in [6.45, 7) is 1.72. The van der Waals surface area contributed by atoms with Crippen LogP contribution in [0.15, 0.2) is 30.4 Å². The maximum atomic E-state index is 13.4. The van der Waals surface area contributed by atoms with E-state index >= 15 is 0 Å². The molecule has 9 heteroatoms. The molecule has 1 aromatic rings. The molecule has 1 aromatic carbocycles. The molecule has 1 aliphatic heterocycles. The number of nitrogens with zero attached hydrogens (tertiary/aromatic N) is 2. The van der Waals surface area contributed by atoms with Crippen LogP contribution in [-0.4, -0.2) is 52.1 Å². The van der Waals surface area contributed by atoms with Crippen LogP contribution in [0.3, 0.4) is 0 Å². The lowest BCUT2D eigenvalue weighted by atomic mass is 9.85. The average molecular weight is 520 g/mol. The first-order valence-electron chi connectivity index (χ1n) is 12.3. The van der Waals surface area contributed by atoms with E-state index in [0.29, 0.717) is 28.5 Å². The molecule has 35 heavy (non-hydrogen) atoms. The maximum Gasteiger partial charge on any atom is 0.242 e. The van der Waals surface area contributed by atoms with E-state index in [4.69, 9.17) is 23.2 Å². The van der Waals surface area contributed by atoms with E-state index in [1.807, 2.05) is 12.2 Å².